The van der Waals surface area contributed by atoms with Crippen molar-refractivity contribution in [3.63, 3.8) is 0 Å². The van der Waals surface area contributed by atoms with Crippen LogP contribution in [0.15, 0.2) is 24.4 Å². The van der Waals surface area contributed by atoms with Crippen LogP contribution in [0.4, 0.5) is 19.0 Å². The van der Waals surface area contributed by atoms with E-state index in [1.807, 2.05) is 6.07 Å². The van der Waals surface area contributed by atoms with Crippen molar-refractivity contribution in [2.45, 2.75) is 44.7 Å². The van der Waals surface area contributed by atoms with Gasteiger partial charge in [0.1, 0.15) is 17.9 Å². The summed E-state index contributed by atoms with van der Waals surface area (Å²) in [5, 5.41) is 3.70. The fourth-order valence-electron chi connectivity index (χ4n) is 3.73. The topological polar surface area (TPSA) is 121 Å². The fraction of sp³-hybridized carbons (Fsp3) is 0.478. The molecule has 0 aromatic carbocycles. The van der Waals surface area contributed by atoms with Gasteiger partial charge in [0.05, 0.1) is 0 Å². The minimum Gasteiger partial charge on any atom is -0.369 e. The Morgan fingerprint density at radius 3 is 2.41 bits per heavy atom. The molecule has 8 nitrogen and oxygen atoms in total. The molecule has 2 aromatic heterocycles. The van der Waals surface area contributed by atoms with Crippen molar-refractivity contribution in [1.82, 2.24) is 14.9 Å². The SMILES string of the molecule is NC(=O)C1CC1.O=C(Nc1cc(C2=CCN(C(=O)CC(F)(F)F)CC2)c2cc[nH]c2n1)C1CC1. The summed E-state index contributed by atoms with van der Waals surface area (Å²) in [6.07, 6.45) is 1.83. The Balaban J connectivity index is 0.000000398. The van der Waals surface area contributed by atoms with Gasteiger partial charge in [-0.25, -0.2) is 4.98 Å². The van der Waals surface area contributed by atoms with E-state index >= 15 is 0 Å². The van der Waals surface area contributed by atoms with Crippen LogP contribution in [-0.4, -0.2) is 51.9 Å². The molecule has 0 bridgehead atoms. The number of H-pyrrole nitrogens is 1. The molecule has 182 valence electrons. The average molecular weight is 477 g/mol. The van der Waals surface area contributed by atoms with E-state index in [-0.39, 0.29) is 36.7 Å². The Kier molecular flexibility index (Phi) is 6.63. The quantitative estimate of drug-likeness (QED) is 0.611. The first kappa shape index (κ1) is 23.8. The molecule has 2 fully saturated rings. The van der Waals surface area contributed by atoms with Crippen molar-refractivity contribution in [1.29, 1.82) is 0 Å². The number of primary amides is 1. The lowest BCUT2D eigenvalue weighted by Gasteiger charge is -2.27. The van der Waals surface area contributed by atoms with E-state index in [0.717, 1.165) is 42.2 Å². The van der Waals surface area contributed by atoms with E-state index in [4.69, 9.17) is 5.73 Å². The van der Waals surface area contributed by atoms with Gasteiger partial charge in [-0.3, -0.25) is 14.4 Å². The van der Waals surface area contributed by atoms with Gasteiger partial charge in [0.2, 0.25) is 17.7 Å². The van der Waals surface area contributed by atoms with Crippen molar-refractivity contribution in [3.05, 3.63) is 30.0 Å². The van der Waals surface area contributed by atoms with Gasteiger partial charge >= 0.3 is 6.18 Å². The number of hydrogen-bond donors (Lipinski definition) is 3. The number of aromatic nitrogens is 2. The van der Waals surface area contributed by atoms with Crippen LogP contribution in [0.2, 0.25) is 0 Å². The lowest BCUT2D eigenvalue weighted by Crippen LogP contribution is -2.37. The number of nitrogens with one attached hydrogen (secondary N) is 2. The van der Waals surface area contributed by atoms with Gasteiger partial charge in [-0.15, -0.1) is 0 Å². The number of fused-ring (bicyclic) bond motifs is 1. The van der Waals surface area contributed by atoms with Crippen LogP contribution < -0.4 is 11.1 Å². The summed E-state index contributed by atoms with van der Waals surface area (Å²) in [4.78, 5) is 42.5. The molecule has 0 unspecified atom stereocenters. The van der Waals surface area contributed by atoms with Crippen molar-refractivity contribution in [2.24, 2.45) is 17.6 Å². The number of nitrogens with zero attached hydrogens (tertiary/aromatic N) is 2. The number of nitrogens with two attached hydrogens (primary N) is 1. The molecule has 4 N–H and O–H groups in total. The Bertz CT molecular complexity index is 1130. The lowest BCUT2D eigenvalue weighted by molar-refractivity contribution is -0.161. The first-order valence-corrected chi connectivity index (χ1v) is 11.2. The van der Waals surface area contributed by atoms with E-state index in [9.17, 15) is 27.6 Å². The number of anilines is 1. The second-order valence-corrected chi connectivity index (χ2v) is 8.85. The number of aromatic amines is 1. The van der Waals surface area contributed by atoms with Gasteiger partial charge in [-0.2, -0.15) is 13.2 Å². The molecule has 0 atom stereocenters. The van der Waals surface area contributed by atoms with E-state index in [1.165, 1.54) is 4.90 Å². The standard InChI is InChI=1S/C19H19F3N4O2.C4H7NO/c20-19(21,22)10-16(27)26-7-4-11(5-8-26)14-9-15(25-18(28)12-1-2-12)24-17-13(14)3-6-23-17;5-4(6)3-1-2-3/h3-4,6,9,12H,1-2,5,7-8,10H2,(H2,23,24,25,28);3H,1-2H2,(H2,5,6). The summed E-state index contributed by atoms with van der Waals surface area (Å²) in [5.74, 6) is -0.363. The fourth-order valence-corrected chi connectivity index (χ4v) is 3.73. The zero-order chi connectivity index (χ0) is 24.5. The first-order valence-electron chi connectivity index (χ1n) is 11.2. The molecule has 1 aliphatic heterocycles. The summed E-state index contributed by atoms with van der Waals surface area (Å²) < 4.78 is 37.3. The Labute approximate surface area is 193 Å². The number of carbonyl (C=O) groups is 3. The number of pyridine rings is 1. The largest absolute Gasteiger partial charge is 0.397 e. The summed E-state index contributed by atoms with van der Waals surface area (Å²) in [5.41, 5.74) is 7.27. The molecular formula is C23H26F3N5O3. The van der Waals surface area contributed by atoms with Crippen molar-refractivity contribution in [2.75, 3.05) is 18.4 Å². The molecular weight excluding hydrogens is 451 g/mol. The van der Waals surface area contributed by atoms with E-state index in [0.29, 0.717) is 17.9 Å². The van der Waals surface area contributed by atoms with Crippen LogP contribution in [0.25, 0.3) is 16.6 Å². The highest BCUT2D eigenvalue weighted by Crippen LogP contribution is 2.33. The molecule has 5 rings (SSSR count). The minimum absolute atomic E-state index is 0.0479. The first-order chi connectivity index (χ1) is 16.1. The van der Waals surface area contributed by atoms with Crippen LogP contribution >= 0.6 is 0 Å². The normalized spacial score (nSPS) is 18.1. The van der Waals surface area contributed by atoms with E-state index in [1.54, 1.807) is 18.3 Å². The van der Waals surface area contributed by atoms with Crippen molar-refractivity contribution in [3.8, 4) is 0 Å². The second kappa shape index (κ2) is 9.47. The molecule has 3 aliphatic rings. The summed E-state index contributed by atoms with van der Waals surface area (Å²) in [6.45, 7) is 0.348. The molecule has 0 spiro atoms. The number of halogens is 3. The number of rotatable bonds is 5. The number of hydrogen-bond acceptors (Lipinski definition) is 4. The summed E-state index contributed by atoms with van der Waals surface area (Å²) in [6, 6.07) is 3.65. The van der Waals surface area contributed by atoms with Gasteiger partial charge in [0.15, 0.2) is 0 Å². The van der Waals surface area contributed by atoms with Crippen molar-refractivity contribution >= 4 is 40.1 Å². The molecule has 0 saturated heterocycles. The Hall–Kier alpha value is -3.37. The Morgan fingerprint density at radius 2 is 1.88 bits per heavy atom. The lowest BCUT2D eigenvalue weighted by atomic mass is 9.97. The molecule has 2 aliphatic carbocycles. The predicted octanol–water partition coefficient (Wildman–Crippen LogP) is 3.36. The van der Waals surface area contributed by atoms with Gasteiger partial charge in [-0.1, -0.05) is 6.08 Å². The minimum atomic E-state index is -4.50. The van der Waals surface area contributed by atoms with E-state index < -0.39 is 18.5 Å². The maximum absolute atomic E-state index is 12.4. The van der Waals surface area contributed by atoms with Gasteiger partial charge in [-0.05, 0) is 55.4 Å². The number of amides is 3. The monoisotopic (exact) mass is 477 g/mol. The maximum atomic E-state index is 12.4. The highest BCUT2D eigenvalue weighted by molar-refractivity contribution is 5.97. The third-order valence-electron chi connectivity index (χ3n) is 5.97. The summed E-state index contributed by atoms with van der Waals surface area (Å²) in [7, 11) is 0. The average Bonchev–Trinajstić information content (AvgIpc) is 3.69. The third kappa shape index (κ3) is 6.15. The molecule has 34 heavy (non-hydrogen) atoms. The van der Waals surface area contributed by atoms with Crippen LogP contribution in [-0.2, 0) is 14.4 Å². The van der Waals surface area contributed by atoms with E-state index in [2.05, 4.69) is 15.3 Å². The molecule has 3 heterocycles. The zero-order valence-corrected chi connectivity index (χ0v) is 18.5. The number of alkyl halides is 3. The molecule has 3 amide bonds. The van der Waals surface area contributed by atoms with Gasteiger partial charge in [0.25, 0.3) is 0 Å². The molecule has 0 radical (unpaired) electrons. The van der Waals surface area contributed by atoms with Crippen LogP contribution in [0, 0.1) is 11.8 Å². The summed E-state index contributed by atoms with van der Waals surface area (Å²) >= 11 is 0. The van der Waals surface area contributed by atoms with Crippen LogP contribution in [0.3, 0.4) is 0 Å². The highest BCUT2D eigenvalue weighted by Gasteiger charge is 2.34. The predicted molar refractivity (Wildman–Crippen MR) is 119 cm³/mol. The van der Waals surface area contributed by atoms with Gasteiger partial charge in [0, 0.05) is 36.5 Å². The molecule has 2 saturated carbocycles. The van der Waals surface area contributed by atoms with Crippen LogP contribution in [0.1, 0.15) is 44.1 Å². The highest BCUT2D eigenvalue weighted by atomic mass is 19.4. The maximum Gasteiger partial charge on any atom is 0.397 e. The second-order valence-electron chi connectivity index (χ2n) is 8.85. The zero-order valence-electron chi connectivity index (χ0n) is 18.5. The smallest absolute Gasteiger partial charge is 0.369 e. The third-order valence-corrected chi connectivity index (χ3v) is 5.97. The molecule has 2 aromatic rings. The van der Waals surface area contributed by atoms with Crippen LogP contribution in [0.5, 0.6) is 0 Å². The Morgan fingerprint density at radius 1 is 1.18 bits per heavy atom. The van der Waals surface area contributed by atoms with Crippen molar-refractivity contribution < 1.29 is 27.6 Å². The molecule has 11 heteroatoms. The number of carbonyl (C=O) groups excluding carboxylic acids is 3. The van der Waals surface area contributed by atoms with Gasteiger partial charge < -0.3 is 20.9 Å².